The van der Waals surface area contributed by atoms with Crippen LogP contribution in [0, 0.1) is 5.92 Å². The molecular formula is C12H14O3. The second kappa shape index (κ2) is 4.03. The van der Waals surface area contributed by atoms with Crippen LogP contribution in [0.1, 0.15) is 11.1 Å². The standard InChI is InChI=1S/C12H14O3/c1-15-12(14)10-6-8-4-2-3-5-9(8)7-11(10)13/h2-5,10-11,13H,6-7H2,1H3/t10-,11-/m0/s1. The maximum absolute atomic E-state index is 11.4. The Hall–Kier alpha value is -1.35. The third-order valence-electron chi connectivity index (χ3n) is 2.96. The Morgan fingerprint density at radius 2 is 1.93 bits per heavy atom. The van der Waals surface area contributed by atoms with Gasteiger partial charge in [0.2, 0.25) is 0 Å². The Balaban J connectivity index is 2.25. The average molecular weight is 206 g/mol. The highest BCUT2D eigenvalue weighted by Crippen LogP contribution is 2.26. The van der Waals surface area contributed by atoms with E-state index in [1.165, 1.54) is 7.11 Å². The minimum atomic E-state index is -0.618. The van der Waals surface area contributed by atoms with Crippen molar-refractivity contribution >= 4 is 5.97 Å². The Labute approximate surface area is 88.7 Å². The molecule has 80 valence electrons. The Morgan fingerprint density at radius 1 is 1.33 bits per heavy atom. The van der Waals surface area contributed by atoms with E-state index in [1.54, 1.807) is 0 Å². The number of hydrogen-bond donors (Lipinski definition) is 1. The van der Waals surface area contributed by atoms with E-state index in [1.807, 2.05) is 24.3 Å². The number of benzene rings is 1. The van der Waals surface area contributed by atoms with E-state index >= 15 is 0 Å². The molecule has 2 rings (SSSR count). The number of esters is 1. The van der Waals surface area contributed by atoms with Gasteiger partial charge in [0.05, 0.1) is 19.1 Å². The summed E-state index contributed by atoms with van der Waals surface area (Å²) in [5.41, 5.74) is 2.27. The van der Waals surface area contributed by atoms with Crippen molar-refractivity contribution in [3.63, 3.8) is 0 Å². The number of carbonyl (C=O) groups is 1. The van der Waals surface area contributed by atoms with Crippen molar-refractivity contribution in [2.75, 3.05) is 7.11 Å². The molecule has 0 bridgehead atoms. The van der Waals surface area contributed by atoms with E-state index in [0.717, 1.165) is 11.1 Å². The average Bonchev–Trinajstić information content (AvgIpc) is 2.27. The van der Waals surface area contributed by atoms with Crippen molar-refractivity contribution in [2.24, 2.45) is 5.92 Å². The second-order valence-corrected chi connectivity index (χ2v) is 3.87. The predicted octanol–water partition coefficient (Wildman–Crippen LogP) is 0.935. The Morgan fingerprint density at radius 3 is 2.53 bits per heavy atom. The summed E-state index contributed by atoms with van der Waals surface area (Å²) in [4.78, 5) is 11.4. The molecule has 1 aromatic carbocycles. The van der Waals surface area contributed by atoms with Crippen molar-refractivity contribution in [3.05, 3.63) is 35.4 Å². The lowest BCUT2D eigenvalue weighted by Gasteiger charge is -2.27. The molecular weight excluding hydrogens is 192 g/mol. The molecule has 0 heterocycles. The molecule has 15 heavy (non-hydrogen) atoms. The van der Waals surface area contributed by atoms with Gasteiger partial charge in [-0.15, -0.1) is 0 Å². The maximum Gasteiger partial charge on any atom is 0.311 e. The van der Waals surface area contributed by atoms with Gasteiger partial charge in [-0.1, -0.05) is 24.3 Å². The SMILES string of the molecule is COC(=O)[C@H]1Cc2ccccc2C[C@@H]1O. The molecule has 0 unspecified atom stereocenters. The lowest BCUT2D eigenvalue weighted by molar-refractivity contribution is -0.149. The maximum atomic E-state index is 11.4. The van der Waals surface area contributed by atoms with Crippen LogP contribution in [-0.2, 0) is 22.4 Å². The van der Waals surface area contributed by atoms with E-state index in [4.69, 9.17) is 0 Å². The molecule has 1 aliphatic rings. The molecule has 0 spiro atoms. The fraction of sp³-hybridized carbons (Fsp3) is 0.417. The molecule has 0 fully saturated rings. The highest BCUT2D eigenvalue weighted by atomic mass is 16.5. The zero-order valence-electron chi connectivity index (χ0n) is 8.64. The summed E-state index contributed by atoms with van der Waals surface area (Å²) in [5.74, 6) is -0.734. The monoisotopic (exact) mass is 206 g/mol. The normalized spacial score (nSPS) is 24.4. The van der Waals surface area contributed by atoms with Gasteiger partial charge in [0.15, 0.2) is 0 Å². The van der Waals surface area contributed by atoms with Crippen LogP contribution in [0.5, 0.6) is 0 Å². The summed E-state index contributed by atoms with van der Waals surface area (Å²) in [6, 6.07) is 7.89. The van der Waals surface area contributed by atoms with Gasteiger partial charge in [0, 0.05) is 0 Å². The second-order valence-electron chi connectivity index (χ2n) is 3.87. The molecule has 0 radical (unpaired) electrons. The number of rotatable bonds is 1. The molecule has 0 saturated carbocycles. The number of fused-ring (bicyclic) bond motifs is 1. The molecule has 3 heteroatoms. The van der Waals surface area contributed by atoms with Crippen LogP contribution < -0.4 is 0 Å². The minimum Gasteiger partial charge on any atom is -0.469 e. The van der Waals surface area contributed by atoms with Gasteiger partial charge in [-0.25, -0.2) is 0 Å². The highest BCUT2D eigenvalue weighted by molar-refractivity contribution is 5.74. The summed E-state index contributed by atoms with van der Waals surface area (Å²) in [7, 11) is 1.36. The molecule has 2 atom stereocenters. The zero-order valence-corrected chi connectivity index (χ0v) is 8.64. The fourth-order valence-corrected chi connectivity index (χ4v) is 2.09. The van der Waals surface area contributed by atoms with E-state index in [9.17, 15) is 9.90 Å². The predicted molar refractivity (Wildman–Crippen MR) is 55.4 cm³/mol. The number of aliphatic hydroxyl groups is 1. The Kier molecular flexibility index (Phi) is 2.73. The van der Waals surface area contributed by atoms with Crippen molar-refractivity contribution in [2.45, 2.75) is 18.9 Å². The largest absolute Gasteiger partial charge is 0.469 e. The molecule has 0 aromatic heterocycles. The topological polar surface area (TPSA) is 46.5 Å². The van der Waals surface area contributed by atoms with Crippen LogP contribution in [-0.4, -0.2) is 24.3 Å². The van der Waals surface area contributed by atoms with E-state index in [-0.39, 0.29) is 5.97 Å². The summed E-state index contributed by atoms with van der Waals surface area (Å²) in [6.45, 7) is 0. The van der Waals surface area contributed by atoms with Crippen molar-refractivity contribution in [1.29, 1.82) is 0 Å². The molecule has 3 nitrogen and oxygen atoms in total. The van der Waals surface area contributed by atoms with Gasteiger partial charge in [-0.3, -0.25) is 4.79 Å². The van der Waals surface area contributed by atoms with Crippen molar-refractivity contribution in [1.82, 2.24) is 0 Å². The summed E-state index contributed by atoms with van der Waals surface area (Å²) < 4.78 is 4.68. The number of carbonyl (C=O) groups excluding carboxylic acids is 1. The summed E-state index contributed by atoms with van der Waals surface area (Å²) >= 11 is 0. The van der Waals surface area contributed by atoms with Crippen LogP contribution in [0.2, 0.25) is 0 Å². The Bertz CT molecular complexity index is 373. The van der Waals surface area contributed by atoms with E-state index < -0.39 is 12.0 Å². The minimum absolute atomic E-state index is 0.322. The third kappa shape index (κ3) is 1.88. The lowest BCUT2D eigenvalue weighted by atomic mass is 9.82. The van der Waals surface area contributed by atoms with Crippen LogP contribution in [0.25, 0.3) is 0 Å². The molecule has 1 aromatic rings. The molecule has 0 aliphatic heterocycles. The van der Waals surface area contributed by atoms with Crippen molar-refractivity contribution < 1.29 is 14.6 Å². The number of hydrogen-bond acceptors (Lipinski definition) is 3. The highest BCUT2D eigenvalue weighted by Gasteiger charge is 2.32. The summed E-state index contributed by atoms with van der Waals surface area (Å²) in [5, 5.41) is 9.82. The quantitative estimate of drug-likeness (QED) is 0.695. The number of methoxy groups -OCH3 is 1. The van der Waals surface area contributed by atoms with E-state index in [0.29, 0.717) is 12.8 Å². The van der Waals surface area contributed by atoms with Crippen LogP contribution in [0.15, 0.2) is 24.3 Å². The zero-order chi connectivity index (χ0) is 10.8. The third-order valence-corrected chi connectivity index (χ3v) is 2.96. The van der Waals surface area contributed by atoms with Crippen LogP contribution in [0.3, 0.4) is 0 Å². The van der Waals surface area contributed by atoms with Gasteiger partial charge in [-0.2, -0.15) is 0 Å². The molecule has 0 amide bonds. The lowest BCUT2D eigenvalue weighted by Crippen LogP contribution is -2.36. The summed E-state index contributed by atoms with van der Waals surface area (Å²) in [6.07, 6.45) is 0.493. The fourth-order valence-electron chi connectivity index (χ4n) is 2.09. The van der Waals surface area contributed by atoms with Crippen molar-refractivity contribution in [3.8, 4) is 0 Å². The number of aliphatic hydroxyl groups excluding tert-OH is 1. The first-order valence-corrected chi connectivity index (χ1v) is 5.05. The number of ether oxygens (including phenoxy) is 1. The van der Waals surface area contributed by atoms with Gasteiger partial charge in [-0.05, 0) is 24.0 Å². The first-order chi connectivity index (χ1) is 7.22. The van der Waals surface area contributed by atoms with Crippen LogP contribution >= 0.6 is 0 Å². The molecule has 0 saturated heterocycles. The molecule has 1 N–H and O–H groups in total. The van der Waals surface area contributed by atoms with Gasteiger partial charge >= 0.3 is 5.97 Å². The van der Waals surface area contributed by atoms with Gasteiger partial charge in [0.1, 0.15) is 0 Å². The van der Waals surface area contributed by atoms with Crippen LogP contribution in [0.4, 0.5) is 0 Å². The first kappa shape index (κ1) is 10.2. The van der Waals surface area contributed by atoms with Gasteiger partial charge < -0.3 is 9.84 Å². The smallest absolute Gasteiger partial charge is 0.311 e. The first-order valence-electron chi connectivity index (χ1n) is 5.05. The van der Waals surface area contributed by atoms with Gasteiger partial charge in [0.25, 0.3) is 0 Å². The van der Waals surface area contributed by atoms with E-state index in [2.05, 4.69) is 4.74 Å². The molecule has 1 aliphatic carbocycles.